The smallest absolute Gasteiger partial charge is 0.162 e. The number of hydrogen-bond donors (Lipinski definition) is 1. The van der Waals surface area contributed by atoms with Gasteiger partial charge in [0.15, 0.2) is 17.3 Å². The number of aromatic nitrogens is 2. The number of ether oxygens (including phenoxy) is 2. The lowest BCUT2D eigenvalue weighted by molar-refractivity contribution is 0.313. The van der Waals surface area contributed by atoms with Crippen molar-refractivity contribution in [2.75, 3.05) is 58.9 Å². The van der Waals surface area contributed by atoms with Gasteiger partial charge in [-0.2, -0.15) is 0 Å². The quantitative estimate of drug-likeness (QED) is 0.550. The summed E-state index contributed by atoms with van der Waals surface area (Å²) in [6, 6.07) is 12.0. The molecule has 0 spiro atoms. The molecule has 1 aliphatic heterocycles. The van der Waals surface area contributed by atoms with Gasteiger partial charge in [-0.05, 0) is 43.9 Å². The highest BCUT2D eigenvalue weighted by molar-refractivity contribution is 6.34. The van der Waals surface area contributed by atoms with Crippen molar-refractivity contribution >= 4 is 28.2 Å². The molecule has 1 fully saturated rings. The maximum Gasteiger partial charge on any atom is 0.162 e. The number of methoxy groups -OCH3 is 2. The maximum atomic E-state index is 6.44. The van der Waals surface area contributed by atoms with Crippen LogP contribution in [-0.4, -0.2) is 68.9 Å². The Morgan fingerprint density at radius 1 is 0.939 bits per heavy atom. The van der Waals surface area contributed by atoms with Crippen LogP contribution in [0.1, 0.15) is 20.8 Å². The molecule has 4 rings (SSSR count). The number of rotatable bonds is 4. The Kier molecular flexibility index (Phi) is 10.6. The predicted octanol–water partition coefficient (Wildman–Crippen LogP) is 4.71. The van der Waals surface area contributed by atoms with E-state index < -0.39 is 0 Å². The molecule has 2 aromatic carbocycles. The first-order chi connectivity index (χ1) is 16.0. The minimum atomic E-state index is 0.393. The lowest BCUT2D eigenvalue weighted by Gasteiger charge is -2.34. The minimum absolute atomic E-state index is 0.393. The summed E-state index contributed by atoms with van der Waals surface area (Å²) in [7, 11) is 5.35. The lowest BCUT2D eigenvalue weighted by Crippen LogP contribution is -2.44. The van der Waals surface area contributed by atoms with Gasteiger partial charge in [-0.1, -0.05) is 32.4 Å². The van der Waals surface area contributed by atoms with Gasteiger partial charge in [0.25, 0.3) is 0 Å². The van der Waals surface area contributed by atoms with Crippen LogP contribution in [0.2, 0.25) is 5.15 Å². The number of halogens is 1. The SMILES string of the molecule is CC.CCN.COc1cc2nc(-c3ccc(N4CCN(C)CC4)cc3)nc(Cl)c2cc1OC. The van der Waals surface area contributed by atoms with E-state index in [1.807, 2.05) is 39.0 Å². The summed E-state index contributed by atoms with van der Waals surface area (Å²) in [4.78, 5) is 13.9. The van der Waals surface area contributed by atoms with Gasteiger partial charge in [-0.25, -0.2) is 9.97 Å². The topological polar surface area (TPSA) is 76.7 Å². The molecule has 0 aliphatic carbocycles. The van der Waals surface area contributed by atoms with E-state index in [-0.39, 0.29) is 0 Å². The number of benzene rings is 2. The standard InChI is InChI=1S/C21H23ClN4O2.C2H7N.C2H6/c1-25-8-10-26(11-9-25)15-6-4-14(5-7-15)21-23-17-13-19(28-3)18(27-2)12-16(17)20(22)24-21;1-2-3;1-2/h4-7,12-13H,8-11H2,1-3H3;2-3H2,1H3;1-2H3. The summed E-state index contributed by atoms with van der Waals surface area (Å²) in [5.41, 5.74) is 7.71. The molecule has 33 heavy (non-hydrogen) atoms. The molecular formula is C25H36ClN5O2. The van der Waals surface area contributed by atoms with Crippen molar-refractivity contribution in [1.82, 2.24) is 14.9 Å². The molecule has 0 atom stereocenters. The molecule has 2 heterocycles. The molecular weight excluding hydrogens is 438 g/mol. The van der Waals surface area contributed by atoms with Gasteiger partial charge in [-0.3, -0.25) is 0 Å². The van der Waals surface area contributed by atoms with Crippen LogP contribution in [0.15, 0.2) is 36.4 Å². The van der Waals surface area contributed by atoms with Gasteiger partial charge in [0.05, 0.1) is 19.7 Å². The van der Waals surface area contributed by atoms with E-state index in [4.69, 9.17) is 31.8 Å². The van der Waals surface area contributed by atoms with Gasteiger partial charge < -0.3 is 25.0 Å². The van der Waals surface area contributed by atoms with Crippen molar-refractivity contribution in [3.8, 4) is 22.9 Å². The van der Waals surface area contributed by atoms with E-state index in [0.29, 0.717) is 22.5 Å². The van der Waals surface area contributed by atoms with Gasteiger partial charge in [-0.15, -0.1) is 0 Å². The van der Waals surface area contributed by atoms with Crippen molar-refractivity contribution in [3.63, 3.8) is 0 Å². The van der Waals surface area contributed by atoms with Gasteiger partial charge in [0.1, 0.15) is 5.15 Å². The van der Waals surface area contributed by atoms with Crippen LogP contribution in [0.5, 0.6) is 11.5 Å². The Balaban J connectivity index is 0.000000714. The summed E-state index contributed by atoms with van der Waals surface area (Å²) in [6.07, 6.45) is 0. The Bertz CT molecular complexity index is 1010. The molecule has 0 bridgehead atoms. The fraction of sp³-hybridized carbons (Fsp3) is 0.440. The van der Waals surface area contributed by atoms with Crippen molar-refractivity contribution < 1.29 is 9.47 Å². The molecule has 0 saturated carbocycles. The van der Waals surface area contributed by atoms with E-state index in [1.54, 1.807) is 20.3 Å². The van der Waals surface area contributed by atoms with Crippen LogP contribution in [0.4, 0.5) is 5.69 Å². The van der Waals surface area contributed by atoms with Crippen LogP contribution < -0.4 is 20.1 Å². The third kappa shape index (κ3) is 6.69. The van der Waals surface area contributed by atoms with Gasteiger partial charge >= 0.3 is 0 Å². The van der Waals surface area contributed by atoms with Gasteiger partial charge in [0, 0.05) is 48.9 Å². The number of nitrogens with two attached hydrogens (primary N) is 1. The van der Waals surface area contributed by atoms with E-state index in [0.717, 1.165) is 49.2 Å². The Morgan fingerprint density at radius 3 is 2.03 bits per heavy atom. The second-order valence-electron chi connectivity index (χ2n) is 7.31. The maximum absolute atomic E-state index is 6.44. The van der Waals surface area contributed by atoms with Crippen LogP contribution in [-0.2, 0) is 0 Å². The van der Waals surface area contributed by atoms with Crippen molar-refractivity contribution in [3.05, 3.63) is 41.6 Å². The molecule has 3 aromatic rings. The van der Waals surface area contributed by atoms with E-state index in [1.165, 1.54) is 5.69 Å². The monoisotopic (exact) mass is 473 g/mol. The summed E-state index contributed by atoms with van der Waals surface area (Å²) >= 11 is 6.44. The molecule has 8 heteroatoms. The first-order valence-electron chi connectivity index (χ1n) is 11.3. The molecule has 2 N–H and O–H groups in total. The summed E-state index contributed by atoms with van der Waals surface area (Å²) in [6.45, 7) is 10.9. The molecule has 1 saturated heterocycles. The largest absolute Gasteiger partial charge is 0.493 e. The molecule has 1 aromatic heterocycles. The average Bonchev–Trinajstić information content (AvgIpc) is 2.85. The molecule has 0 amide bonds. The zero-order chi connectivity index (χ0) is 24.4. The highest BCUT2D eigenvalue weighted by Gasteiger charge is 2.16. The first-order valence-corrected chi connectivity index (χ1v) is 11.7. The van der Waals surface area contributed by atoms with Gasteiger partial charge in [0.2, 0.25) is 0 Å². The number of hydrogen-bond acceptors (Lipinski definition) is 7. The normalized spacial score (nSPS) is 13.5. The third-order valence-corrected chi connectivity index (χ3v) is 5.44. The van der Waals surface area contributed by atoms with E-state index in [9.17, 15) is 0 Å². The zero-order valence-electron chi connectivity index (χ0n) is 20.6. The molecule has 180 valence electrons. The second-order valence-corrected chi connectivity index (χ2v) is 7.67. The number of likely N-dealkylation sites (N-methyl/N-ethyl adjacent to an activating group) is 1. The Hall–Kier alpha value is -2.61. The number of anilines is 1. The summed E-state index contributed by atoms with van der Waals surface area (Å²) < 4.78 is 10.7. The fourth-order valence-corrected chi connectivity index (χ4v) is 3.66. The molecule has 0 unspecified atom stereocenters. The summed E-state index contributed by atoms with van der Waals surface area (Å²) in [5, 5.41) is 1.13. The molecule has 0 radical (unpaired) electrons. The van der Waals surface area contributed by atoms with Crippen molar-refractivity contribution in [2.24, 2.45) is 5.73 Å². The van der Waals surface area contributed by atoms with E-state index >= 15 is 0 Å². The van der Waals surface area contributed by atoms with Crippen LogP contribution in [0.3, 0.4) is 0 Å². The Labute approximate surface area is 202 Å². The zero-order valence-corrected chi connectivity index (χ0v) is 21.3. The Morgan fingerprint density at radius 2 is 1.48 bits per heavy atom. The van der Waals surface area contributed by atoms with Crippen LogP contribution in [0, 0.1) is 0 Å². The van der Waals surface area contributed by atoms with Crippen LogP contribution in [0.25, 0.3) is 22.3 Å². The fourth-order valence-electron chi connectivity index (χ4n) is 3.43. The first kappa shape index (κ1) is 26.6. The highest BCUT2D eigenvalue weighted by Crippen LogP contribution is 2.35. The second kappa shape index (κ2) is 13.2. The third-order valence-electron chi connectivity index (χ3n) is 5.15. The van der Waals surface area contributed by atoms with E-state index in [2.05, 4.69) is 34.0 Å². The lowest BCUT2D eigenvalue weighted by atomic mass is 10.1. The average molecular weight is 474 g/mol. The highest BCUT2D eigenvalue weighted by atomic mass is 35.5. The number of fused-ring (bicyclic) bond motifs is 1. The number of piperazine rings is 1. The minimum Gasteiger partial charge on any atom is -0.493 e. The molecule has 7 nitrogen and oxygen atoms in total. The summed E-state index contributed by atoms with van der Waals surface area (Å²) in [5.74, 6) is 1.81. The van der Waals surface area contributed by atoms with Crippen molar-refractivity contribution in [2.45, 2.75) is 20.8 Å². The number of nitrogens with zero attached hydrogens (tertiary/aromatic N) is 4. The van der Waals surface area contributed by atoms with Crippen LogP contribution >= 0.6 is 11.6 Å². The predicted molar refractivity (Wildman–Crippen MR) is 139 cm³/mol. The molecule has 1 aliphatic rings. The van der Waals surface area contributed by atoms with Crippen molar-refractivity contribution in [1.29, 1.82) is 0 Å².